The zero-order chi connectivity index (χ0) is 33.2. The summed E-state index contributed by atoms with van der Waals surface area (Å²) < 4.78 is 16.0. The molecule has 0 saturated carbocycles. The van der Waals surface area contributed by atoms with Crippen molar-refractivity contribution in [1.29, 1.82) is 0 Å². The van der Waals surface area contributed by atoms with Gasteiger partial charge >= 0.3 is 5.97 Å². The van der Waals surface area contributed by atoms with Gasteiger partial charge in [0.1, 0.15) is 11.5 Å². The third-order valence-electron chi connectivity index (χ3n) is 7.70. The minimum absolute atomic E-state index is 0.110. The molecular formula is C35H38FN5O5. The van der Waals surface area contributed by atoms with E-state index in [-0.39, 0.29) is 37.9 Å². The summed E-state index contributed by atoms with van der Waals surface area (Å²) in [6.45, 7) is 4.38. The molecule has 0 unspecified atom stereocenters. The van der Waals surface area contributed by atoms with Crippen molar-refractivity contribution in [3.8, 4) is 22.3 Å². The first-order valence-corrected chi connectivity index (χ1v) is 15.1. The summed E-state index contributed by atoms with van der Waals surface area (Å²) in [5.41, 5.74) is 14.3. The van der Waals surface area contributed by atoms with Gasteiger partial charge in [-0.1, -0.05) is 71.8 Å². The van der Waals surface area contributed by atoms with Crippen molar-refractivity contribution in [2.45, 2.75) is 70.9 Å². The standard InChI is InChI=1S/C35H38FN5O5/c1-22(2)41-30(17-16-28(42)18-29(43)19-31(44)45)32(26-12-14-27(36)15-13-26)33(25-6-4-3-5-7-25)34(41)35(46)38-20-23-8-10-24(11-9-23)21-39-40-37/h3-15,22,28-29,42-43H,16-21H2,1-2H3,(H,38,46)(H,44,45)/t28-,29-/m1/s1. The second kappa shape index (κ2) is 15.9. The number of carbonyl (C=O) groups is 2. The molecule has 0 radical (unpaired) electrons. The Labute approximate surface area is 266 Å². The van der Waals surface area contributed by atoms with Crippen LogP contribution in [-0.4, -0.2) is 44.0 Å². The molecule has 0 spiro atoms. The third kappa shape index (κ3) is 8.60. The number of benzene rings is 3. The van der Waals surface area contributed by atoms with Crippen LogP contribution in [0.2, 0.25) is 0 Å². The number of aromatic nitrogens is 1. The molecule has 4 rings (SSSR count). The fourth-order valence-electron chi connectivity index (χ4n) is 5.65. The fourth-order valence-corrected chi connectivity index (χ4v) is 5.65. The van der Waals surface area contributed by atoms with E-state index in [4.69, 9.17) is 10.6 Å². The highest BCUT2D eigenvalue weighted by Crippen LogP contribution is 2.42. The Morgan fingerprint density at radius 3 is 2.15 bits per heavy atom. The Kier molecular flexibility index (Phi) is 11.7. The summed E-state index contributed by atoms with van der Waals surface area (Å²) in [7, 11) is 0. The van der Waals surface area contributed by atoms with Crippen molar-refractivity contribution in [1.82, 2.24) is 9.88 Å². The summed E-state index contributed by atoms with van der Waals surface area (Å²) >= 11 is 0. The van der Waals surface area contributed by atoms with Crippen LogP contribution < -0.4 is 5.32 Å². The van der Waals surface area contributed by atoms with Gasteiger partial charge in [-0.15, -0.1) is 0 Å². The minimum Gasteiger partial charge on any atom is -0.481 e. The number of rotatable bonds is 15. The second-order valence-corrected chi connectivity index (χ2v) is 11.5. The molecule has 3 aromatic carbocycles. The van der Waals surface area contributed by atoms with Crippen LogP contribution in [0.1, 0.15) is 66.5 Å². The van der Waals surface area contributed by atoms with Gasteiger partial charge in [-0.2, -0.15) is 0 Å². The van der Waals surface area contributed by atoms with Crippen molar-refractivity contribution >= 4 is 11.9 Å². The Morgan fingerprint density at radius 1 is 0.913 bits per heavy atom. The van der Waals surface area contributed by atoms with Gasteiger partial charge in [0, 0.05) is 34.3 Å². The van der Waals surface area contributed by atoms with E-state index < -0.39 is 30.4 Å². The van der Waals surface area contributed by atoms with Gasteiger partial charge in [0.2, 0.25) is 0 Å². The third-order valence-corrected chi connectivity index (χ3v) is 7.70. The molecule has 0 bridgehead atoms. The highest BCUT2D eigenvalue weighted by atomic mass is 19.1. The maximum atomic E-state index is 14.2. The predicted molar refractivity (Wildman–Crippen MR) is 173 cm³/mol. The molecule has 0 aliphatic carbocycles. The lowest BCUT2D eigenvalue weighted by Crippen LogP contribution is -2.27. The molecule has 0 aliphatic heterocycles. The first-order chi connectivity index (χ1) is 22.1. The molecule has 240 valence electrons. The molecule has 1 amide bonds. The molecular weight excluding hydrogens is 589 g/mol. The summed E-state index contributed by atoms with van der Waals surface area (Å²) in [5, 5.41) is 36.5. The number of hydrogen-bond donors (Lipinski definition) is 4. The van der Waals surface area contributed by atoms with Crippen LogP contribution in [0.15, 0.2) is 84.0 Å². The largest absolute Gasteiger partial charge is 0.481 e. The minimum atomic E-state index is -1.20. The van der Waals surface area contributed by atoms with Gasteiger partial charge < -0.3 is 25.2 Å². The first-order valence-electron chi connectivity index (χ1n) is 15.1. The van der Waals surface area contributed by atoms with E-state index in [0.717, 1.165) is 27.9 Å². The quantitative estimate of drug-likeness (QED) is 0.0647. The first kappa shape index (κ1) is 33.9. The van der Waals surface area contributed by atoms with Crippen LogP contribution in [0.5, 0.6) is 0 Å². The van der Waals surface area contributed by atoms with Crippen LogP contribution in [0.25, 0.3) is 32.7 Å². The molecule has 4 aromatic rings. The number of hydrogen-bond acceptors (Lipinski definition) is 5. The zero-order valence-electron chi connectivity index (χ0n) is 25.8. The van der Waals surface area contributed by atoms with Gasteiger partial charge in [0.15, 0.2) is 0 Å². The molecule has 0 fully saturated rings. The Balaban J connectivity index is 1.80. The number of carboxylic acid groups (broad SMARTS) is 1. The van der Waals surface area contributed by atoms with Gasteiger partial charge in [0.25, 0.3) is 5.91 Å². The summed E-state index contributed by atoms with van der Waals surface area (Å²) in [6.07, 6.45) is -2.29. The molecule has 4 N–H and O–H groups in total. The van der Waals surface area contributed by atoms with E-state index in [9.17, 15) is 24.2 Å². The van der Waals surface area contributed by atoms with E-state index in [0.29, 0.717) is 23.2 Å². The molecule has 10 nitrogen and oxygen atoms in total. The van der Waals surface area contributed by atoms with Crippen LogP contribution in [0.4, 0.5) is 4.39 Å². The van der Waals surface area contributed by atoms with Crippen molar-refractivity contribution in [2.75, 3.05) is 0 Å². The number of carbonyl (C=O) groups excluding carboxylic acids is 1. The lowest BCUT2D eigenvalue weighted by Gasteiger charge is -2.20. The smallest absolute Gasteiger partial charge is 0.305 e. The van der Waals surface area contributed by atoms with E-state index in [2.05, 4.69) is 15.3 Å². The highest BCUT2D eigenvalue weighted by molar-refractivity contribution is 6.05. The molecule has 0 saturated heterocycles. The summed E-state index contributed by atoms with van der Waals surface area (Å²) in [6, 6.07) is 22.7. The number of aliphatic hydroxyl groups is 2. The zero-order valence-corrected chi connectivity index (χ0v) is 25.8. The summed E-state index contributed by atoms with van der Waals surface area (Å²) in [4.78, 5) is 28.0. The van der Waals surface area contributed by atoms with Crippen LogP contribution in [-0.2, 0) is 24.3 Å². The predicted octanol–water partition coefficient (Wildman–Crippen LogP) is 6.80. The van der Waals surface area contributed by atoms with Gasteiger partial charge in [-0.3, -0.25) is 9.59 Å². The van der Waals surface area contributed by atoms with E-state index in [1.165, 1.54) is 12.1 Å². The number of azide groups is 1. The number of nitrogens with one attached hydrogen (secondary N) is 1. The van der Waals surface area contributed by atoms with Gasteiger partial charge in [-0.25, -0.2) is 4.39 Å². The number of amides is 1. The van der Waals surface area contributed by atoms with E-state index in [1.807, 2.05) is 73.0 Å². The van der Waals surface area contributed by atoms with Crippen molar-refractivity contribution in [2.24, 2.45) is 5.11 Å². The topological polar surface area (TPSA) is 161 Å². The number of aliphatic carboxylic acids is 1. The van der Waals surface area contributed by atoms with Crippen molar-refractivity contribution in [3.63, 3.8) is 0 Å². The van der Waals surface area contributed by atoms with E-state index >= 15 is 0 Å². The lowest BCUT2D eigenvalue weighted by atomic mass is 9.92. The van der Waals surface area contributed by atoms with Crippen LogP contribution >= 0.6 is 0 Å². The summed E-state index contributed by atoms with van der Waals surface area (Å²) in [5.74, 6) is -1.88. The maximum Gasteiger partial charge on any atom is 0.305 e. The number of nitrogens with zero attached hydrogens (tertiary/aromatic N) is 4. The Hall–Kier alpha value is -4.96. The number of halogens is 1. The lowest BCUT2D eigenvalue weighted by molar-refractivity contribution is -0.139. The SMILES string of the molecule is CC(C)n1c(CC[C@@H](O)C[C@@H](O)CC(=O)O)c(-c2ccc(F)cc2)c(-c2ccccc2)c1C(=O)NCc1ccc(CN=[N+]=[N-])cc1. The number of aliphatic hydroxyl groups excluding tert-OH is 2. The van der Waals surface area contributed by atoms with E-state index in [1.54, 1.807) is 12.1 Å². The molecule has 11 heteroatoms. The average Bonchev–Trinajstić information content (AvgIpc) is 3.38. The fraction of sp³-hybridized carbons (Fsp3) is 0.314. The molecule has 46 heavy (non-hydrogen) atoms. The molecule has 1 heterocycles. The average molecular weight is 628 g/mol. The molecule has 0 aliphatic rings. The second-order valence-electron chi connectivity index (χ2n) is 11.5. The maximum absolute atomic E-state index is 14.2. The van der Waals surface area contributed by atoms with Crippen LogP contribution in [0.3, 0.4) is 0 Å². The van der Waals surface area contributed by atoms with Crippen LogP contribution in [0, 0.1) is 5.82 Å². The highest BCUT2D eigenvalue weighted by Gasteiger charge is 2.30. The van der Waals surface area contributed by atoms with Gasteiger partial charge in [-0.05, 0) is 73.0 Å². The monoisotopic (exact) mass is 627 g/mol. The Morgan fingerprint density at radius 2 is 1.54 bits per heavy atom. The molecule has 1 aromatic heterocycles. The Bertz CT molecular complexity index is 1680. The number of carboxylic acids is 1. The normalized spacial score (nSPS) is 12.4. The van der Waals surface area contributed by atoms with Gasteiger partial charge in [0.05, 0.1) is 25.2 Å². The van der Waals surface area contributed by atoms with Crippen molar-refractivity contribution < 1.29 is 29.3 Å². The molecule has 2 atom stereocenters. The van der Waals surface area contributed by atoms with Crippen molar-refractivity contribution in [3.05, 3.63) is 118 Å².